The molecule has 2 heterocycles. The second kappa shape index (κ2) is 3.27. The Morgan fingerprint density at radius 1 is 1.38 bits per heavy atom. The van der Waals surface area contributed by atoms with Gasteiger partial charge in [0.15, 0.2) is 0 Å². The summed E-state index contributed by atoms with van der Waals surface area (Å²) in [5.74, 6) is -0.698. The van der Waals surface area contributed by atoms with Gasteiger partial charge in [0, 0.05) is 0 Å². The highest BCUT2D eigenvalue weighted by Crippen LogP contribution is 2.31. The Hall–Kier alpha value is -0.610. The van der Waals surface area contributed by atoms with Gasteiger partial charge in [-0.3, -0.25) is 9.69 Å². The van der Waals surface area contributed by atoms with Crippen molar-refractivity contribution in [3.05, 3.63) is 0 Å². The molecule has 0 radical (unpaired) electrons. The molecule has 1 spiro atoms. The molecule has 0 aromatic heterocycles. The van der Waals surface area contributed by atoms with Gasteiger partial charge in [0.2, 0.25) is 0 Å². The first kappa shape index (κ1) is 8.97. The van der Waals surface area contributed by atoms with Crippen LogP contribution in [0.25, 0.3) is 0 Å². The van der Waals surface area contributed by atoms with Crippen molar-refractivity contribution in [1.29, 1.82) is 0 Å². The van der Waals surface area contributed by atoms with E-state index in [1.807, 2.05) is 4.90 Å². The molecule has 4 heteroatoms. The van der Waals surface area contributed by atoms with Gasteiger partial charge in [-0.05, 0) is 25.9 Å². The molecule has 0 bridgehead atoms. The van der Waals surface area contributed by atoms with Crippen LogP contribution in [0.15, 0.2) is 0 Å². The van der Waals surface area contributed by atoms with Crippen molar-refractivity contribution in [2.45, 2.75) is 12.8 Å². The number of hydrogen-bond donors (Lipinski definition) is 2. The lowest BCUT2D eigenvalue weighted by atomic mass is 9.73. The van der Waals surface area contributed by atoms with Crippen LogP contribution in [0.5, 0.6) is 0 Å². The van der Waals surface area contributed by atoms with Crippen LogP contribution in [0.2, 0.25) is 0 Å². The second-order valence-electron chi connectivity index (χ2n) is 4.37. The first-order chi connectivity index (χ1) is 6.20. The first-order valence-corrected chi connectivity index (χ1v) is 4.96. The highest BCUT2D eigenvalue weighted by atomic mass is 16.4. The number of piperidine rings is 1. The van der Waals surface area contributed by atoms with Gasteiger partial charge in [-0.25, -0.2) is 0 Å². The summed E-state index contributed by atoms with van der Waals surface area (Å²) in [6.45, 7) is 4.68. The maximum atomic E-state index is 10.5. The Balaban J connectivity index is 1.79. The zero-order chi connectivity index (χ0) is 9.31. The predicted octanol–water partition coefficient (Wildman–Crippen LogP) is -1.27. The molecule has 0 aromatic carbocycles. The summed E-state index contributed by atoms with van der Waals surface area (Å²) in [4.78, 5) is 12.5. The van der Waals surface area contributed by atoms with E-state index in [0.29, 0.717) is 5.41 Å². The van der Waals surface area contributed by atoms with Crippen LogP contribution < -0.4 is 5.32 Å². The van der Waals surface area contributed by atoms with Crippen LogP contribution in [0.4, 0.5) is 0 Å². The number of nitrogens with zero attached hydrogens (tertiary/aromatic N) is 1. The van der Waals surface area contributed by atoms with E-state index in [0.717, 1.165) is 13.1 Å². The number of hydrogen-bond acceptors (Lipinski definition) is 2. The topological polar surface area (TPSA) is 57.1 Å². The molecule has 0 saturated carbocycles. The molecule has 0 unspecified atom stereocenters. The number of aliphatic carboxylic acids is 1. The summed E-state index contributed by atoms with van der Waals surface area (Å²) in [7, 11) is 0. The summed E-state index contributed by atoms with van der Waals surface area (Å²) in [5, 5.41) is 11.0. The highest BCUT2D eigenvalue weighted by molar-refractivity contribution is 5.69. The van der Waals surface area contributed by atoms with Crippen molar-refractivity contribution in [1.82, 2.24) is 4.90 Å². The normalized spacial score (nSPS) is 27.1. The van der Waals surface area contributed by atoms with E-state index in [2.05, 4.69) is 5.32 Å². The fourth-order valence-corrected chi connectivity index (χ4v) is 2.34. The maximum absolute atomic E-state index is 10.5. The van der Waals surface area contributed by atoms with Gasteiger partial charge in [0.25, 0.3) is 0 Å². The molecule has 0 atom stereocenters. The van der Waals surface area contributed by atoms with Crippen molar-refractivity contribution in [2.24, 2.45) is 5.41 Å². The van der Waals surface area contributed by atoms with Gasteiger partial charge < -0.3 is 10.4 Å². The Bertz CT molecular complexity index is 204. The summed E-state index contributed by atoms with van der Waals surface area (Å²) in [5.41, 5.74) is 0.578. The third kappa shape index (κ3) is 1.84. The zero-order valence-electron chi connectivity index (χ0n) is 7.83. The van der Waals surface area contributed by atoms with Gasteiger partial charge in [0.05, 0.1) is 25.0 Å². The first-order valence-electron chi connectivity index (χ1n) is 4.96. The van der Waals surface area contributed by atoms with Gasteiger partial charge in [-0.2, -0.15) is 0 Å². The minimum atomic E-state index is -0.698. The van der Waals surface area contributed by atoms with Gasteiger partial charge in [-0.15, -0.1) is 0 Å². The molecule has 2 saturated heterocycles. The fraction of sp³-hybridized carbons (Fsp3) is 0.889. The molecule has 2 rings (SSSR count). The second-order valence-corrected chi connectivity index (χ2v) is 4.37. The lowest BCUT2D eigenvalue weighted by Crippen LogP contribution is -3.00. The van der Waals surface area contributed by atoms with Crippen molar-refractivity contribution >= 4 is 5.97 Å². The van der Waals surface area contributed by atoms with Crippen LogP contribution in [0, 0.1) is 5.41 Å². The summed E-state index contributed by atoms with van der Waals surface area (Å²) >= 11 is 0. The lowest BCUT2D eigenvalue weighted by Gasteiger charge is -2.44. The van der Waals surface area contributed by atoms with E-state index >= 15 is 0 Å². The molecule has 13 heavy (non-hydrogen) atoms. The molecule has 3 N–H and O–H groups in total. The quantitative estimate of drug-likeness (QED) is 0.564. The third-order valence-electron chi connectivity index (χ3n) is 3.43. The van der Waals surface area contributed by atoms with Crippen molar-refractivity contribution in [3.63, 3.8) is 0 Å². The fourth-order valence-electron chi connectivity index (χ4n) is 2.34. The van der Waals surface area contributed by atoms with Crippen molar-refractivity contribution in [3.8, 4) is 0 Å². The van der Waals surface area contributed by atoms with Crippen LogP contribution in [0.3, 0.4) is 0 Å². The summed E-state index contributed by atoms with van der Waals surface area (Å²) < 4.78 is 0. The number of carbonyl (C=O) groups is 1. The molecule has 2 aliphatic rings. The number of nitrogens with two attached hydrogens (primary N) is 1. The molecular weight excluding hydrogens is 168 g/mol. The highest BCUT2D eigenvalue weighted by Gasteiger charge is 2.43. The number of carboxylic acid groups (broad SMARTS) is 1. The standard InChI is InChI=1S/C9H16N2O2/c12-8(13)5-11-3-1-9(2-4-11)6-10-7-9/h10H,1-7H2,(H,12,13)/p+1. The van der Waals surface area contributed by atoms with Gasteiger partial charge >= 0.3 is 5.97 Å². The molecule has 2 aliphatic heterocycles. The smallest absolute Gasteiger partial charge is 0.317 e. The van der Waals surface area contributed by atoms with E-state index in [4.69, 9.17) is 5.11 Å². The molecular formula is C9H17N2O2+. The SMILES string of the molecule is O=C(O)CN1CCC2(CC1)C[NH2+]C2. The van der Waals surface area contributed by atoms with Crippen LogP contribution in [-0.2, 0) is 4.79 Å². The molecule has 0 aromatic rings. The number of quaternary nitrogens is 1. The Kier molecular flexibility index (Phi) is 2.26. The van der Waals surface area contributed by atoms with Crippen molar-refractivity contribution < 1.29 is 15.2 Å². The summed E-state index contributed by atoms with van der Waals surface area (Å²) in [6, 6.07) is 0. The zero-order valence-corrected chi connectivity index (χ0v) is 7.83. The number of rotatable bonds is 2. The maximum Gasteiger partial charge on any atom is 0.317 e. The van der Waals surface area contributed by atoms with Crippen LogP contribution in [-0.4, -0.2) is 48.7 Å². The molecule has 0 aliphatic carbocycles. The molecule has 74 valence electrons. The van der Waals surface area contributed by atoms with E-state index in [9.17, 15) is 4.79 Å². The average molecular weight is 185 g/mol. The molecule has 2 fully saturated rings. The van der Waals surface area contributed by atoms with Gasteiger partial charge in [0.1, 0.15) is 0 Å². The van der Waals surface area contributed by atoms with Crippen molar-refractivity contribution in [2.75, 3.05) is 32.7 Å². The van der Waals surface area contributed by atoms with Crippen LogP contribution >= 0.6 is 0 Å². The molecule has 0 amide bonds. The lowest BCUT2D eigenvalue weighted by molar-refractivity contribution is -0.743. The van der Waals surface area contributed by atoms with E-state index in [-0.39, 0.29) is 6.54 Å². The Labute approximate surface area is 77.9 Å². The monoisotopic (exact) mass is 185 g/mol. The van der Waals surface area contributed by atoms with E-state index in [1.165, 1.54) is 25.9 Å². The minimum absolute atomic E-state index is 0.222. The van der Waals surface area contributed by atoms with Crippen LogP contribution in [0.1, 0.15) is 12.8 Å². The third-order valence-corrected chi connectivity index (χ3v) is 3.43. The van der Waals surface area contributed by atoms with Gasteiger partial charge in [-0.1, -0.05) is 0 Å². The Morgan fingerprint density at radius 2 is 2.00 bits per heavy atom. The largest absolute Gasteiger partial charge is 0.480 e. The average Bonchev–Trinajstić information content (AvgIpc) is 2.02. The minimum Gasteiger partial charge on any atom is -0.480 e. The number of likely N-dealkylation sites (tertiary alicyclic amines) is 1. The van der Waals surface area contributed by atoms with E-state index in [1.54, 1.807) is 0 Å². The predicted molar refractivity (Wildman–Crippen MR) is 47.4 cm³/mol. The van der Waals surface area contributed by atoms with E-state index < -0.39 is 5.97 Å². The summed E-state index contributed by atoms with van der Waals surface area (Å²) in [6.07, 6.45) is 2.38. The number of carboxylic acids is 1. The molecule has 4 nitrogen and oxygen atoms in total. The Morgan fingerprint density at radius 3 is 2.38 bits per heavy atom.